The number of hydrogen-bond donors (Lipinski definition) is 1. The molecule has 0 radical (unpaired) electrons. The van der Waals surface area contributed by atoms with Gasteiger partial charge < -0.3 is 5.32 Å². The number of benzene rings is 1. The van der Waals surface area contributed by atoms with E-state index in [0.717, 1.165) is 24.8 Å². The summed E-state index contributed by atoms with van der Waals surface area (Å²) in [6, 6.07) is 4.80. The van der Waals surface area contributed by atoms with Gasteiger partial charge in [-0.05, 0) is 37.5 Å². The van der Waals surface area contributed by atoms with Crippen LogP contribution < -0.4 is 5.32 Å². The second-order valence-corrected chi connectivity index (χ2v) is 5.51. The molecule has 0 spiro atoms. The van der Waals surface area contributed by atoms with Gasteiger partial charge in [-0.2, -0.15) is 0 Å². The maximum Gasteiger partial charge on any atom is 0.163 e. The maximum atomic E-state index is 13.6. The Balaban J connectivity index is 2.12. The van der Waals surface area contributed by atoms with Crippen LogP contribution in [0.15, 0.2) is 34.4 Å². The summed E-state index contributed by atoms with van der Waals surface area (Å²) in [5.41, 5.74) is 1.15. The topological polar surface area (TPSA) is 29.1 Å². The number of halogens is 2. The van der Waals surface area contributed by atoms with Gasteiger partial charge in [0.05, 0.1) is 5.69 Å². The fraction of sp³-hybridized carbons (Fsp3) is 0.357. The number of carbonyl (C=O) groups is 1. The van der Waals surface area contributed by atoms with E-state index in [1.54, 1.807) is 18.3 Å². The summed E-state index contributed by atoms with van der Waals surface area (Å²) in [5.74, 6) is -0.0784. The van der Waals surface area contributed by atoms with Crippen molar-refractivity contribution in [3.8, 4) is 0 Å². The molecule has 96 valence electrons. The summed E-state index contributed by atoms with van der Waals surface area (Å²) >= 11 is 3.20. The second kappa shape index (κ2) is 5.65. The van der Waals surface area contributed by atoms with Crippen LogP contribution in [0.3, 0.4) is 0 Å². The van der Waals surface area contributed by atoms with Crippen LogP contribution in [0.2, 0.25) is 0 Å². The zero-order chi connectivity index (χ0) is 13.1. The SMILES string of the molecule is C[C@@H]1CCCC(=CNc2ccc(Br)cc2F)C1=O. The first-order valence-electron chi connectivity index (χ1n) is 6.03. The lowest BCUT2D eigenvalue weighted by atomic mass is 9.86. The summed E-state index contributed by atoms with van der Waals surface area (Å²) in [6.07, 6.45) is 4.38. The van der Waals surface area contributed by atoms with E-state index in [0.29, 0.717) is 10.2 Å². The zero-order valence-corrected chi connectivity index (χ0v) is 11.8. The predicted molar refractivity (Wildman–Crippen MR) is 73.8 cm³/mol. The molecule has 0 saturated heterocycles. The van der Waals surface area contributed by atoms with Crippen LogP contribution in [-0.2, 0) is 4.79 Å². The van der Waals surface area contributed by atoms with Crippen molar-refractivity contribution in [1.29, 1.82) is 0 Å². The fourth-order valence-electron chi connectivity index (χ4n) is 2.08. The van der Waals surface area contributed by atoms with E-state index < -0.39 is 0 Å². The van der Waals surface area contributed by atoms with Gasteiger partial charge in [0.15, 0.2) is 5.78 Å². The molecular formula is C14H15BrFNO. The molecule has 1 N–H and O–H groups in total. The number of nitrogens with one attached hydrogen (secondary N) is 1. The van der Waals surface area contributed by atoms with Gasteiger partial charge >= 0.3 is 0 Å². The number of rotatable bonds is 2. The lowest BCUT2D eigenvalue weighted by Gasteiger charge is -2.19. The number of anilines is 1. The highest BCUT2D eigenvalue weighted by atomic mass is 79.9. The molecule has 1 fully saturated rings. The average Bonchev–Trinajstić information content (AvgIpc) is 2.33. The molecule has 0 unspecified atom stereocenters. The van der Waals surface area contributed by atoms with Gasteiger partial charge in [0.1, 0.15) is 5.82 Å². The Kier molecular flexibility index (Phi) is 4.17. The van der Waals surface area contributed by atoms with E-state index in [4.69, 9.17) is 0 Å². The molecule has 2 rings (SSSR count). The number of Topliss-reactive ketones (excluding diaryl/α,β-unsaturated/α-hetero) is 1. The Hall–Kier alpha value is -1.16. The van der Waals surface area contributed by atoms with Gasteiger partial charge in [0, 0.05) is 22.2 Å². The molecular weight excluding hydrogens is 297 g/mol. The van der Waals surface area contributed by atoms with Gasteiger partial charge in [-0.3, -0.25) is 4.79 Å². The molecule has 1 aromatic carbocycles. The Morgan fingerprint density at radius 1 is 1.50 bits per heavy atom. The van der Waals surface area contributed by atoms with Crippen molar-refractivity contribution in [2.24, 2.45) is 5.92 Å². The molecule has 18 heavy (non-hydrogen) atoms. The third-order valence-corrected chi connectivity index (χ3v) is 3.67. The Bertz CT molecular complexity index is 499. The molecule has 1 atom stereocenters. The van der Waals surface area contributed by atoms with Crippen molar-refractivity contribution in [1.82, 2.24) is 0 Å². The van der Waals surface area contributed by atoms with Gasteiger partial charge in [-0.1, -0.05) is 22.9 Å². The molecule has 0 aromatic heterocycles. The van der Waals surface area contributed by atoms with E-state index in [2.05, 4.69) is 21.2 Å². The largest absolute Gasteiger partial charge is 0.359 e. The summed E-state index contributed by atoms with van der Waals surface area (Å²) in [6.45, 7) is 1.94. The lowest BCUT2D eigenvalue weighted by Crippen LogP contribution is -2.19. The normalized spacial score (nSPS) is 22.3. The van der Waals surface area contributed by atoms with Crippen LogP contribution >= 0.6 is 15.9 Å². The van der Waals surface area contributed by atoms with E-state index in [9.17, 15) is 9.18 Å². The quantitative estimate of drug-likeness (QED) is 0.826. The Morgan fingerprint density at radius 3 is 3.00 bits per heavy atom. The first-order valence-corrected chi connectivity index (χ1v) is 6.82. The molecule has 1 aliphatic carbocycles. The number of hydrogen-bond acceptors (Lipinski definition) is 2. The van der Waals surface area contributed by atoms with Crippen LogP contribution in [0.25, 0.3) is 0 Å². The first-order chi connectivity index (χ1) is 8.58. The number of carbonyl (C=O) groups excluding carboxylic acids is 1. The molecule has 1 aliphatic rings. The first kappa shape index (κ1) is 13.3. The molecule has 2 nitrogen and oxygen atoms in total. The Labute approximate surface area is 114 Å². The number of ketones is 1. The highest BCUT2D eigenvalue weighted by Gasteiger charge is 2.22. The summed E-state index contributed by atoms with van der Waals surface area (Å²) in [5, 5.41) is 2.88. The van der Waals surface area contributed by atoms with E-state index >= 15 is 0 Å². The van der Waals surface area contributed by atoms with Crippen molar-refractivity contribution in [3.05, 3.63) is 40.3 Å². The third-order valence-electron chi connectivity index (χ3n) is 3.18. The van der Waals surface area contributed by atoms with E-state index in [1.807, 2.05) is 6.92 Å². The summed E-state index contributed by atoms with van der Waals surface area (Å²) in [7, 11) is 0. The smallest absolute Gasteiger partial charge is 0.163 e. The molecule has 0 heterocycles. The molecule has 0 bridgehead atoms. The highest BCUT2D eigenvalue weighted by molar-refractivity contribution is 9.10. The minimum atomic E-state index is -0.336. The maximum absolute atomic E-state index is 13.6. The molecule has 4 heteroatoms. The fourth-order valence-corrected chi connectivity index (χ4v) is 2.42. The van der Waals surface area contributed by atoms with Gasteiger partial charge in [-0.15, -0.1) is 0 Å². The van der Waals surface area contributed by atoms with Crippen LogP contribution in [0.5, 0.6) is 0 Å². The molecule has 0 aliphatic heterocycles. The van der Waals surface area contributed by atoms with Crippen LogP contribution in [0.1, 0.15) is 26.2 Å². The average molecular weight is 312 g/mol. The zero-order valence-electron chi connectivity index (χ0n) is 10.2. The standard InChI is InChI=1S/C14H15BrFNO/c1-9-3-2-4-10(14(9)18)8-17-13-6-5-11(15)7-12(13)16/h5-9,17H,2-4H2,1H3/t9-/m1/s1. The minimum absolute atomic E-state index is 0.0848. The van der Waals surface area contributed by atoms with Crippen LogP contribution in [-0.4, -0.2) is 5.78 Å². The molecule has 1 aromatic rings. The highest BCUT2D eigenvalue weighted by Crippen LogP contribution is 2.25. The van der Waals surface area contributed by atoms with Crippen molar-refractivity contribution >= 4 is 27.4 Å². The molecule has 0 amide bonds. The Morgan fingerprint density at radius 2 is 2.28 bits per heavy atom. The second-order valence-electron chi connectivity index (χ2n) is 4.60. The summed E-state index contributed by atoms with van der Waals surface area (Å²) in [4.78, 5) is 11.9. The van der Waals surface area contributed by atoms with Gasteiger partial charge in [-0.25, -0.2) is 4.39 Å². The van der Waals surface area contributed by atoms with Crippen LogP contribution in [0, 0.1) is 11.7 Å². The van der Waals surface area contributed by atoms with E-state index in [1.165, 1.54) is 6.07 Å². The predicted octanol–water partition coefficient (Wildman–Crippen LogP) is 4.27. The van der Waals surface area contributed by atoms with E-state index in [-0.39, 0.29) is 17.5 Å². The van der Waals surface area contributed by atoms with Crippen molar-refractivity contribution in [2.45, 2.75) is 26.2 Å². The van der Waals surface area contributed by atoms with Gasteiger partial charge in [0.2, 0.25) is 0 Å². The third kappa shape index (κ3) is 2.99. The monoisotopic (exact) mass is 311 g/mol. The molecule has 1 saturated carbocycles. The lowest BCUT2D eigenvalue weighted by molar-refractivity contribution is -0.119. The summed E-state index contributed by atoms with van der Waals surface area (Å²) < 4.78 is 14.3. The van der Waals surface area contributed by atoms with Crippen molar-refractivity contribution in [3.63, 3.8) is 0 Å². The number of allylic oxidation sites excluding steroid dienone is 1. The minimum Gasteiger partial charge on any atom is -0.359 e. The van der Waals surface area contributed by atoms with Gasteiger partial charge in [0.25, 0.3) is 0 Å². The van der Waals surface area contributed by atoms with Crippen molar-refractivity contribution < 1.29 is 9.18 Å². The van der Waals surface area contributed by atoms with Crippen LogP contribution in [0.4, 0.5) is 10.1 Å². The van der Waals surface area contributed by atoms with Crippen molar-refractivity contribution in [2.75, 3.05) is 5.32 Å².